The van der Waals surface area contributed by atoms with Crippen molar-refractivity contribution in [3.8, 4) is 0 Å². The summed E-state index contributed by atoms with van der Waals surface area (Å²) in [7, 11) is -3.76. The lowest BCUT2D eigenvalue weighted by atomic mass is 10.0. The molecule has 2 amide bonds. The number of hydrogen-bond donors (Lipinski definition) is 1. The molecule has 0 bridgehead atoms. The first-order chi connectivity index (χ1) is 17.7. The first-order valence-electron chi connectivity index (χ1n) is 12.4. The Morgan fingerprint density at radius 2 is 1.49 bits per heavy atom. The van der Waals surface area contributed by atoms with Gasteiger partial charge in [-0.3, -0.25) is 13.9 Å². The van der Waals surface area contributed by atoms with Crippen molar-refractivity contribution in [2.75, 3.05) is 23.7 Å². The molecule has 0 heterocycles. The summed E-state index contributed by atoms with van der Waals surface area (Å²) in [6.07, 6.45) is 2.14. The fourth-order valence-corrected chi connectivity index (χ4v) is 4.95. The van der Waals surface area contributed by atoms with E-state index in [2.05, 4.69) is 5.32 Å². The highest BCUT2D eigenvalue weighted by molar-refractivity contribution is 7.92. The van der Waals surface area contributed by atoms with Crippen LogP contribution in [0.3, 0.4) is 0 Å². The molecule has 0 radical (unpaired) electrons. The van der Waals surface area contributed by atoms with E-state index in [9.17, 15) is 18.0 Å². The van der Waals surface area contributed by atoms with Crippen LogP contribution in [0, 0.1) is 6.92 Å². The van der Waals surface area contributed by atoms with Crippen molar-refractivity contribution in [2.24, 2.45) is 0 Å². The van der Waals surface area contributed by atoms with E-state index in [-0.39, 0.29) is 12.5 Å². The van der Waals surface area contributed by atoms with E-state index in [0.717, 1.165) is 33.7 Å². The minimum atomic E-state index is -3.76. The molecule has 3 rings (SSSR count). The fraction of sp³-hybridized carbons (Fsp3) is 0.310. The van der Waals surface area contributed by atoms with Gasteiger partial charge < -0.3 is 10.2 Å². The number of sulfonamides is 1. The number of aryl methyl sites for hydroxylation is 1. The highest BCUT2D eigenvalue weighted by atomic mass is 32.2. The van der Waals surface area contributed by atoms with Gasteiger partial charge in [-0.25, -0.2) is 8.42 Å². The van der Waals surface area contributed by atoms with Crippen LogP contribution in [0.1, 0.15) is 30.0 Å². The van der Waals surface area contributed by atoms with Crippen molar-refractivity contribution in [3.63, 3.8) is 0 Å². The van der Waals surface area contributed by atoms with E-state index in [1.165, 1.54) is 4.90 Å². The summed E-state index contributed by atoms with van der Waals surface area (Å²) in [4.78, 5) is 28.9. The lowest BCUT2D eigenvalue weighted by molar-refractivity contribution is -0.140. The normalized spacial score (nSPS) is 12.0. The van der Waals surface area contributed by atoms with Gasteiger partial charge >= 0.3 is 0 Å². The summed E-state index contributed by atoms with van der Waals surface area (Å²) in [5.41, 5.74) is 3.17. The maximum atomic E-state index is 13.9. The Morgan fingerprint density at radius 1 is 0.892 bits per heavy atom. The average molecular weight is 522 g/mol. The number of carbonyl (C=O) groups is 2. The summed E-state index contributed by atoms with van der Waals surface area (Å²) in [6.45, 7) is 4.16. The van der Waals surface area contributed by atoms with Crippen LogP contribution in [-0.4, -0.2) is 50.5 Å². The molecule has 37 heavy (non-hydrogen) atoms. The van der Waals surface area contributed by atoms with Crippen LogP contribution in [-0.2, 0) is 32.6 Å². The molecular weight excluding hydrogens is 486 g/mol. The number of nitrogens with one attached hydrogen (secondary N) is 1. The fourth-order valence-electron chi connectivity index (χ4n) is 4.10. The number of nitrogens with zero attached hydrogens (tertiary/aromatic N) is 2. The van der Waals surface area contributed by atoms with Crippen molar-refractivity contribution >= 4 is 27.5 Å². The predicted molar refractivity (Wildman–Crippen MR) is 148 cm³/mol. The Morgan fingerprint density at radius 3 is 2.08 bits per heavy atom. The van der Waals surface area contributed by atoms with Crippen molar-refractivity contribution < 1.29 is 18.0 Å². The monoisotopic (exact) mass is 521 g/mol. The van der Waals surface area contributed by atoms with Crippen LogP contribution < -0.4 is 9.62 Å². The summed E-state index contributed by atoms with van der Waals surface area (Å²) < 4.78 is 26.5. The first-order valence-corrected chi connectivity index (χ1v) is 14.2. The van der Waals surface area contributed by atoms with E-state index in [0.29, 0.717) is 18.7 Å². The van der Waals surface area contributed by atoms with Gasteiger partial charge in [0.1, 0.15) is 12.6 Å². The largest absolute Gasteiger partial charge is 0.354 e. The summed E-state index contributed by atoms with van der Waals surface area (Å²) in [5, 5.41) is 2.94. The second kappa shape index (κ2) is 13.1. The number of amides is 2. The van der Waals surface area contributed by atoms with Crippen LogP contribution in [0.25, 0.3) is 0 Å². The van der Waals surface area contributed by atoms with Gasteiger partial charge in [-0.05, 0) is 42.2 Å². The lowest BCUT2D eigenvalue weighted by Crippen LogP contribution is -2.53. The SMILES string of the molecule is CCCNC(=O)[C@H](Cc1ccccc1)N(Cc1ccccc1C)C(=O)CN(c1ccccc1)S(C)(=O)=O. The average Bonchev–Trinajstić information content (AvgIpc) is 2.89. The Bertz CT molecular complexity index is 1280. The molecule has 3 aromatic rings. The van der Waals surface area contributed by atoms with E-state index in [1.54, 1.807) is 30.3 Å². The third kappa shape index (κ3) is 7.92. The number of hydrogen-bond acceptors (Lipinski definition) is 4. The molecule has 3 aromatic carbocycles. The van der Waals surface area contributed by atoms with Crippen molar-refractivity contribution in [2.45, 2.75) is 39.3 Å². The zero-order valence-corrected chi connectivity index (χ0v) is 22.4. The molecule has 7 nitrogen and oxygen atoms in total. The van der Waals surface area contributed by atoms with Crippen molar-refractivity contribution in [3.05, 3.63) is 102 Å². The maximum absolute atomic E-state index is 13.9. The van der Waals surface area contributed by atoms with Crippen LogP contribution >= 0.6 is 0 Å². The second-order valence-corrected chi connectivity index (χ2v) is 11.0. The molecule has 0 aromatic heterocycles. The standard InChI is InChI=1S/C29H35N3O4S/c1-4-19-30-29(34)27(20-24-14-7-5-8-15-24)31(21-25-16-12-11-13-23(25)2)28(33)22-32(37(3,35)36)26-17-9-6-10-18-26/h5-18,27H,4,19-22H2,1-3H3,(H,30,34)/t27-/m0/s1. The first kappa shape index (κ1) is 27.9. The van der Waals surface area contributed by atoms with E-state index < -0.39 is 28.5 Å². The third-order valence-electron chi connectivity index (χ3n) is 6.15. The van der Waals surface area contributed by atoms with Crippen molar-refractivity contribution in [1.82, 2.24) is 10.2 Å². The van der Waals surface area contributed by atoms with Crippen LogP contribution in [0.4, 0.5) is 5.69 Å². The zero-order chi connectivity index (χ0) is 26.8. The molecule has 0 aliphatic rings. The van der Waals surface area contributed by atoms with Gasteiger partial charge in [-0.1, -0.05) is 79.7 Å². The molecule has 0 saturated heterocycles. The summed E-state index contributed by atoms with van der Waals surface area (Å²) >= 11 is 0. The Hall–Kier alpha value is -3.65. The van der Waals surface area contributed by atoms with E-state index in [4.69, 9.17) is 0 Å². The highest BCUT2D eigenvalue weighted by Gasteiger charge is 2.33. The molecule has 8 heteroatoms. The van der Waals surface area contributed by atoms with E-state index in [1.807, 2.05) is 68.4 Å². The Balaban J connectivity index is 2.03. The smallest absolute Gasteiger partial charge is 0.244 e. The minimum absolute atomic E-state index is 0.176. The molecule has 0 fully saturated rings. The third-order valence-corrected chi connectivity index (χ3v) is 7.29. The molecule has 0 spiro atoms. The molecule has 0 unspecified atom stereocenters. The van der Waals surface area contributed by atoms with Gasteiger partial charge in [0.25, 0.3) is 0 Å². The van der Waals surface area contributed by atoms with Crippen LogP contribution in [0.2, 0.25) is 0 Å². The van der Waals surface area contributed by atoms with Gasteiger partial charge in [0.15, 0.2) is 0 Å². The number of rotatable bonds is 12. The molecule has 0 aliphatic carbocycles. The molecular formula is C29H35N3O4S. The summed E-state index contributed by atoms with van der Waals surface area (Å²) in [5.74, 6) is -0.719. The molecule has 1 atom stereocenters. The van der Waals surface area contributed by atoms with Gasteiger partial charge in [0.2, 0.25) is 21.8 Å². The number of para-hydroxylation sites is 1. The van der Waals surface area contributed by atoms with Crippen molar-refractivity contribution in [1.29, 1.82) is 0 Å². The number of anilines is 1. The van der Waals surface area contributed by atoms with Gasteiger partial charge in [-0.2, -0.15) is 0 Å². The summed E-state index contributed by atoms with van der Waals surface area (Å²) in [6, 6.07) is 24.9. The topological polar surface area (TPSA) is 86.8 Å². The highest BCUT2D eigenvalue weighted by Crippen LogP contribution is 2.21. The van der Waals surface area contributed by atoms with Gasteiger partial charge in [-0.15, -0.1) is 0 Å². The lowest BCUT2D eigenvalue weighted by Gasteiger charge is -2.33. The maximum Gasteiger partial charge on any atom is 0.244 e. The number of benzene rings is 3. The van der Waals surface area contributed by atoms with Gasteiger partial charge in [0, 0.05) is 19.5 Å². The molecule has 0 aliphatic heterocycles. The quantitative estimate of drug-likeness (QED) is 0.391. The van der Waals surface area contributed by atoms with Crippen LogP contribution in [0.15, 0.2) is 84.9 Å². The molecule has 0 saturated carbocycles. The Kier molecular flexibility index (Phi) is 9.85. The Labute approximate surface area is 220 Å². The molecule has 196 valence electrons. The second-order valence-electron chi connectivity index (χ2n) is 9.05. The number of carbonyl (C=O) groups excluding carboxylic acids is 2. The van der Waals surface area contributed by atoms with E-state index >= 15 is 0 Å². The van der Waals surface area contributed by atoms with Gasteiger partial charge in [0.05, 0.1) is 11.9 Å². The van der Waals surface area contributed by atoms with Crippen LogP contribution in [0.5, 0.6) is 0 Å². The minimum Gasteiger partial charge on any atom is -0.354 e. The molecule has 1 N–H and O–H groups in total. The predicted octanol–water partition coefficient (Wildman–Crippen LogP) is 3.93. The zero-order valence-electron chi connectivity index (χ0n) is 21.6.